The van der Waals surface area contributed by atoms with Crippen molar-refractivity contribution in [1.82, 2.24) is 20.7 Å². The van der Waals surface area contributed by atoms with Gasteiger partial charge in [-0.2, -0.15) is 0 Å². The zero-order chi connectivity index (χ0) is 16.9. The first-order valence-corrected chi connectivity index (χ1v) is 7.55. The third-order valence-electron chi connectivity index (χ3n) is 2.97. The maximum Gasteiger partial charge on any atom is 0.167 e. The number of hydrogen-bond donors (Lipinski definition) is 4. The van der Waals surface area contributed by atoms with Crippen molar-refractivity contribution in [1.29, 1.82) is 0 Å². The molecule has 8 nitrogen and oxygen atoms in total. The van der Waals surface area contributed by atoms with E-state index in [-0.39, 0.29) is 0 Å². The van der Waals surface area contributed by atoms with Crippen molar-refractivity contribution < 1.29 is 4.79 Å². The number of rotatable bonds is 11. The zero-order valence-electron chi connectivity index (χ0n) is 13.6. The molecule has 8 heteroatoms. The van der Waals surface area contributed by atoms with E-state index in [2.05, 4.69) is 33.0 Å². The SMILES string of the molecule is CCCCCNc1cc(N(C)N/C=C(\C=O)N/C=C\N)ncn1. The van der Waals surface area contributed by atoms with Gasteiger partial charge < -0.3 is 21.8 Å². The summed E-state index contributed by atoms with van der Waals surface area (Å²) in [6.45, 7) is 3.05. The Morgan fingerprint density at radius 1 is 1.39 bits per heavy atom. The third kappa shape index (κ3) is 7.16. The maximum absolute atomic E-state index is 10.9. The summed E-state index contributed by atoms with van der Waals surface area (Å²) in [5, 5.41) is 7.67. The maximum atomic E-state index is 10.9. The Kier molecular flexibility index (Phi) is 8.65. The molecule has 0 radical (unpaired) electrons. The average molecular weight is 319 g/mol. The summed E-state index contributed by atoms with van der Waals surface area (Å²) in [5.41, 5.74) is 8.50. The van der Waals surface area contributed by atoms with Crippen molar-refractivity contribution in [2.45, 2.75) is 26.2 Å². The van der Waals surface area contributed by atoms with Crippen LogP contribution in [-0.2, 0) is 4.79 Å². The highest BCUT2D eigenvalue weighted by molar-refractivity contribution is 5.72. The summed E-state index contributed by atoms with van der Waals surface area (Å²) in [6, 6.07) is 1.83. The molecule has 0 amide bonds. The second-order valence-corrected chi connectivity index (χ2v) is 4.80. The Bertz CT molecular complexity index is 530. The number of aromatic nitrogens is 2. The number of nitrogens with two attached hydrogens (primary N) is 1. The number of carbonyl (C=O) groups is 1. The minimum atomic E-state index is 0.338. The average Bonchev–Trinajstić information content (AvgIpc) is 2.59. The highest BCUT2D eigenvalue weighted by Gasteiger charge is 2.03. The van der Waals surface area contributed by atoms with Gasteiger partial charge in [-0.25, -0.2) is 9.97 Å². The Labute approximate surface area is 136 Å². The predicted octanol–water partition coefficient (Wildman–Crippen LogP) is 1.08. The molecule has 0 aliphatic rings. The van der Waals surface area contributed by atoms with Gasteiger partial charge in [0.15, 0.2) is 12.1 Å². The molecule has 0 fully saturated rings. The second kappa shape index (κ2) is 10.9. The molecule has 1 aromatic rings. The summed E-state index contributed by atoms with van der Waals surface area (Å²) in [7, 11) is 1.79. The first kappa shape index (κ1) is 18.3. The van der Waals surface area contributed by atoms with Crippen LogP contribution in [0.15, 0.2) is 36.7 Å². The molecule has 0 saturated carbocycles. The van der Waals surface area contributed by atoms with Gasteiger partial charge in [0.2, 0.25) is 0 Å². The number of anilines is 2. The van der Waals surface area contributed by atoms with Gasteiger partial charge in [-0.05, 0) is 6.42 Å². The number of aldehydes is 1. The molecule has 1 rings (SSSR count). The van der Waals surface area contributed by atoms with Crippen molar-refractivity contribution in [2.24, 2.45) is 5.73 Å². The van der Waals surface area contributed by atoms with Crippen LogP contribution >= 0.6 is 0 Å². The highest BCUT2D eigenvalue weighted by atomic mass is 16.1. The fraction of sp³-hybridized carbons (Fsp3) is 0.400. The van der Waals surface area contributed by atoms with E-state index in [9.17, 15) is 4.79 Å². The normalized spacial score (nSPS) is 11.3. The fourth-order valence-corrected chi connectivity index (χ4v) is 1.71. The lowest BCUT2D eigenvalue weighted by Gasteiger charge is -2.18. The van der Waals surface area contributed by atoms with E-state index >= 15 is 0 Å². The monoisotopic (exact) mass is 319 g/mol. The van der Waals surface area contributed by atoms with Crippen LogP contribution in [0.4, 0.5) is 11.6 Å². The van der Waals surface area contributed by atoms with Crippen LogP contribution in [0.1, 0.15) is 26.2 Å². The van der Waals surface area contributed by atoms with Crippen molar-refractivity contribution in [3.05, 3.63) is 36.7 Å². The van der Waals surface area contributed by atoms with Crippen molar-refractivity contribution in [3.63, 3.8) is 0 Å². The molecule has 126 valence electrons. The first-order valence-electron chi connectivity index (χ1n) is 7.55. The van der Waals surface area contributed by atoms with Crippen molar-refractivity contribution in [3.8, 4) is 0 Å². The van der Waals surface area contributed by atoms with Crippen LogP contribution in [0.2, 0.25) is 0 Å². The number of unbranched alkanes of at least 4 members (excludes halogenated alkanes) is 2. The third-order valence-corrected chi connectivity index (χ3v) is 2.97. The van der Waals surface area contributed by atoms with Gasteiger partial charge in [-0.1, -0.05) is 19.8 Å². The molecule has 23 heavy (non-hydrogen) atoms. The van der Waals surface area contributed by atoms with Gasteiger partial charge in [0.1, 0.15) is 12.1 Å². The molecule has 0 atom stereocenters. The van der Waals surface area contributed by atoms with Gasteiger partial charge in [0.25, 0.3) is 0 Å². The smallest absolute Gasteiger partial charge is 0.167 e. The quantitative estimate of drug-likeness (QED) is 0.208. The standard InChI is InChI=1S/C15H25N7O/c1-3-4-5-7-18-14-9-15(20-12-19-14)22(2)21-10-13(11-23)17-8-6-16/h6,8-12,17,21H,3-5,7,16H2,1-2H3,(H,18,19,20)/b8-6-,13-10+. The molecule has 1 aromatic heterocycles. The molecule has 0 aliphatic heterocycles. The molecule has 0 spiro atoms. The summed E-state index contributed by atoms with van der Waals surface area (Å²) >= 11 is 0. The Hall–Kier alpha value is -2.77. The van der Waals surface area contributed by atoms with E-state index in [0.717, 1.165) is 18.8 Å². The lowest BCUT2D eigenvalue weighted by molar-refractivity contribution is -0.105. The number of nitrogens with zero attached hydrogens (tertiary/aromatic N) is 3. The number of hydrazine groups is 1. The molecule has 0 bridgehead atoms. The van der Waals surface area contributed by atoms with Gasteiger partial charge in [0.05, 0.1) is 5.70 Å². The largest absolute Gasteiger partial charge is 0.403 e. The number of nitrogens with one attached hydrogen (secondary N) is 3. The molecular formula is C15H25N7O. The Balaban J connectivity index is 2.59. The summed E-state index contributed by atoms with van der Waals surface area (Å²) in [4.78, 5) is 19.3. The van der Waals surface area contributed by atoms with E-state index in [0.29, 0.717) is 17.8 Å². The molecule has 0 aliphatic carbocycles. The topological polar surface area (TPSA) is 108 Å². The fourth-order valence-electron chi connectivity index (χ4n) is 1.71. The van der Waals surface area contributed by atoms with Gasteiger partial charge in [-0.3, -0.25) is 9.80 Å². The van der Waals surface area contributed by atoms with E-state index < -0.39 is 0 Å². The minimum Gasteiger partial charge on any atom is -0.403 e. The van der Waals surface area contributed by atoms with Crippen molar-refractivity contribution in [2.75, 3.05) is 23.9 Å². The Morgan fingerprint density at radius 3 is 2.91 bits per heavy atom. The van der Waals surface area contributed by atoms with E-state index in [1.807, 2.05) is 6.07 Å². The van der Waals surface area contributed by atoms with E-state index in [4.69, 9.17) is 5.73 Å². The van der Waals surface area contributed by atoms with E-state index in [1.165, 1.54) is 37.8 Å². The molecule has 0 unspecified atom stereocenters. The van der Waals surface area contributed by atoms with Crippen LogP contribution in [-0.4, -0.2) is 29.8 Å². The van der Waals surface area contributed by atoms with Crippen LogP contribution in [0.5, 0.6) is 0 Å². The van der Waals surface area contributed by atoms with Crippen molar-refractivity contribution >= 4 is 17.9 Å². The summed E-state index contributed by atoms with van der Waals surface area (Å²) in [5.74, 6) is 1.44. The summed E-state index contributed by atoms with van der Waals surface area (Å²) in [6.07, 6.45) is 9.95. The molecular weight excluding hydrogens is 294 g/mol. The number of allylic oxidation sites excluding steroid dienone is 1. The minimum absolute atomic E-state index is 0.338. The van der Waals surface area contributed by atoms with Gasteiger partial charge >= 0.3 is 0 Å². The molecule has 0 aromatic carbocycles. The molecule has 5 N–H and O–H groups in total. The Morgan fingerprint density at radius 2 is 2.22 bits per heavy atom. The number of carbonyl (C=O) groups excluding carboxylic acids is 1. The first-order chi connectivity index (χ1) is 11.2. The van der Waals surface area contributed by atoms with Gasteiger partial charge in [0, 0.05) is 38.3 Å². The summed E-state index contributed by atoms with van der Waals surface area (Å²) < 4.78 is 0. The molecule has 0 saturated heterocycles. The highest BCUT2D eigenvalue weighted by Crippen LogP contribution is 2.11. The van der Waals surface area contributed by atoms with Crippen LogP contribution < -0.4 is 26.8 Å². The number of hydrogen-bond acceptors (Lipinski definition) is 8. The van der Waals surface area contributed by atoms with E-state index in [1.54, 1.807) is 12.1 Å². The van der Waals surface area contributed by atoms with Gasteiger partial charge in [-0.15, -0.1) is 0 Å². The van der Waals surface area contributed by atoms with Crippen LogP contribution in [0.25, 0.3) is 0 Å². The zero-order valence-corrected chi connectivity index (χ0v) is 13.6. The lowest BCUT2D eigenvalue weighted by Crippen LogP contribution is -2.32. The molecule has 1 heterocycles. The lowest BCUT2D eigenvalue weighted by atomic mass is 10.2. The van der Waals surface area contributed by atoms with Crippen LogP contribution in [0, 0.1) is 0 Å². The van der Waals surface area contributed by atoms with Crippen LogP contribution in [0.3, 0.4) is 0 Å². The predicted molar refractivity (Wildman–Crippen MR) is 92.2 cm³/mol. The second-order valence-electron chi connectivity index (χ2n) is 4.80.